The zero-order valence-corrected chi connectivity index (χ0v) is 10.7. The molecule has 0 aliphatic carbocycles. The SMILES string of the molecule is CNCc1cncn1Cc1ccc(Br)cc1. The smallest absolute Gasteiger partial charge is 0.0951 e. The molecule has 0 spiro atoms. The van der Waals surface area contributed by atoms with Crippen molar-refractivity contribution in [1.29, 1.82) is 0 Å². The number of aromatic nitrogens is 2. The maximum Gasteiger partial charge on any atom is 0.0951 e. The van der Waals surface area contributed by atoms with E-state index in [2.05, 4.69) is 55.1 Å². The molecule has 0 atom stereocenters. The number of imidazole rings is 1. The topological polar surface area (TPSA) is 29.9 Å². The van der Waals surface area contributed by atoms with Gasteiger partial charge in [0.15, 0.2) is 0 Å². The van der Waals surface area contributed by atoms with Crippen LogP contribution in [0.3, 0.4) is 0 Å². The van der Waals surface area contributed by atoms with Crippen molar-refractivity contribution in [3.63, 3.8) is 0 Å². The van der Waals surface area contributed by atoms with E-state index in [1.54, 1.807) is 0 Å². The normalized spacial score (nSPS) is 10.6. The zero-order valence-electron chi connectivity index (χ0n) is 9.15. The Balaban J connectivity index is 2.13. The van der Waals surface area contributed by atoms with Crippen molar-refractivity contribution < 1.29 is 0 Å². The first-order valence-electron chi connectivity index (χ1n) is 5.17. The van der Waals surface area contributed by atoms with Crippen LogP contribution >= 0.6 is 15.9 Å². The van der Waals surface area contributed by atoms with Crippen LogP contribution in [0, 0.1) is 0 Å². The van der Waals surface area contributed by atoms with Crippen LogP contribution in [-0.2, 0) is 13.1 Å². The summed E-state index contributed by atoms with van der Waals surface area (Å²) in [6.45, 7) is 1.71. The fourth-order valence-corrected chi connectivity index (χ4v) is 1.87. The quantitative estimate of drug-likeness (QED) is 0.932. The molecule has 1 aromatic heterocycles. The van der Waals surface area contributed by atoms with Crippen LogP contribution in [0.5, 0.6) is 0 Å². The summed E-state index contributed by atoms with van der Waals surface area (Å²) in [4.78, 5) is 4.17. The predicted octanol–water partition coefficient (Wildman–Crippen LogP) is 2.41. The number of benzene rings is 1. The highest BCUT2D eigenvalue weighted by atomic mass is 79.9. The standard InChI is InChI=1S/C12H14BrN3/c1-14-6-12-7-15-9-16(12)8-10-2-4-11(13)5-3-10/h2-5,7,9,14H,6,8H2,1H3. The van der Waals surface area contributed by atoms with E-state index in [9.17, 15) is 0 Å². The predicted molar refractivity (Wildman–Crippen MR) is 68.2 cm³/mol. The van der Waals surface area contributed by atoms with E-state index in [-0.39, 0.29) is 0 Å². The van der Waals surface area contributed by atoms with Crippen LogP contribution < -0.4 is 5.32 Å². The molecular weight excluding hydrogens is 266 g/mol. The van der Waals surface area contributed by atoms with E-state index in [0.717, 1.165) is 17.6 Å². The number of nitrogens with zero attached hydrogens (tertiary/aromatic N) is 2. The van der Waals surface area contributed by atoms with E-state index in [1.165, 1.54) is 11.3 Å². The summed E-state index contributed by atoms with van der Waals surface area (Å²) in [5.41, 5.74) is 2.48. The Morgan fingerprint density at radius 1 is 1.31 bits per heavy atom. The second kappa shape index (κ2) is 5.27. The van der Waals surface area contributed by atoms with Gasteiger partial charge in [-0.2, -0.15) is 0 Å². The van der Waals surface area contributed by atoms with Gasteiger partial charge in [0.2, 0.25) is 0 Å². The summed E-state index contributed by atoms with van der Waals surface area (Å²) in [6.07, 6.45) is 3.77. The van der Waals surface area contributed by atoms with Crippen molar-refractivity contribution in [2.75, 3.05) is 7.05 Å². The zero-order chi connectivity index (χ0) is 11.4. The maximum atomic E-state index is 4.17. The molecule has 4 heteroatoms. The minimum atomic E-state index is 0.844. The summed E-state index contributed by atoms with van der Waals surface area (Å²) in [5.74, 6) is 0. The average molecular weight is 280 g/mol. The summed E-state index contributed by atoms with van der Waals surface area (Å²) in [7, 11) is 1.94. The Morgan fingerprint density at radius 2 is 2.06 bits per heavy atom. The molecule has 0 saturated heterocycles. The fraction of sp³-hybridized carbons (Fsp3) is 0.250. The lowest BCUT2D eigenvalue weighted by molar-refractivity contribution is 0.692. The van der Waals surface area contributed by atoms with Gasteiger partial charge in [-0.05, 0) is 24.7 Å². The summed E-state index contributed by atoms with van der Waals surface area (Å²) >= 11 is 3.43. The molecule has 84 valence electrons. The van der Waals surface area contributed by atoms with Crippen LogP contribution in [0.15, 0.2) is 41.3 Å². The average Bonchev–Trinajstić information content (AvgIpc) is 2.70. The van der Waals surface area contributed by atoms with Gasteiger partial charge < -0.3 is 9.88 Å². The van der Waals surface area contributed by atoms with Gasteiger partial charge in [0, 0.05) is 23.8 Å². The summed E-state index contributed by atoms with van der Waals surface area (Å²) < 4.78 is 3.26. The number of nitrogens with one attached hydrogen (secondary N) is 1. The monoisotopic (exact) mass is 279 g/mol. The van der Waals surface area contributed by atoms with E-state index in [1.807, 2.05) is 19.6 Å². The lowest BCUT2D eigenvalue weighted by Crippen LogP contribution is -2.11. The van der Waals surface area contributed by atoms with Gasteiger partial charge in [0.05, 0.1) is 12.0 Å². The molecule has 0 amide bonds. The third-order valence-corrected chi connectivity index (χ3v) is 2.95. The van der Waals surface area contributed by atoms with E-state index in [0.29, 0.717) is 0 Å². The van der Waals surface area contributed by atoms with E-state index >= 15 is 0 Å². The van der Waals surface area contributed by atoms with Gasteiger partial charge in [-0.25, -0.2) is 4.98 Å². The van der Waals surface area contributed by atoms with Crippen molar-refractivity contribution in [3.05, 3.63) is 52.5 Å². The third-order valence-electron chi connectivity index (χ3n) is 2.42. The first-order chi connectivity index (χ1) is 7.79. The van der Waals surface area contributed by atoms with Gasteiger partial charge in [-0.3, -0.25) is 0 Å². The molecule has 1 N–H and O–H groups in total. The molecule has 3 nitrogen and oxygen atoms in total. The second-order valence-electron chi connectivity index (χ2n) is 3.67. The van der Waals surface area contributed by atoms with Crippen molar-refractivity contribution in [3.8, 4) is 0 Å². The third kappa shape index (κ3) is 2.71. The van der Waals surface area contributed by atoms with Crippen molar-refractivity contribution in [2.24, 2.45) is 0 Å². The van der Waals surface area contributed by atoms with Crippen LogP contribution in [0.4, 0.5) is 0 Å². The second-order valence-corrected chi connectivity index (χ2v) is 4.59. The van der Waals surface area contributed by atoms with Gasteiger partial charge in [0.25, 0.3) is 0 Å². The van der Waals surface area contributed by atoms with E-state index < -0.39 is 0 Å². The lowest BCUT2D eigenvalue weighted by Gasteiger charge is -2.07. The number of halogens is 1. The van der Waals surface area contributed by atoms with Crippen molar-refractivity contribution in [1.82, 2.24) is 14.9 Å². The highest BCUT2D eigenvalue weighted by Crippen LogP contribution is 2.12. The minimum Gasteiger partial charge on any atom is -0.329 e. The molecule has 0 unspecified atom stereocenters. The molecule has 0 fully saturated rings. The molecule has 2 aromatic rings. The highest BCUT2D eigenvalue weighted by Gasteiger charge is 2.01. The Morgan fingerprint density at radius 3 is 2.75 bits per heavy atom. The highest BCUT2D eigenvalue weighted by molar-refractivity contribution is 9.10. The number of hydrogen-bond acceptors (Lipinski definition) is 2. The molecule has 0 radical (unpaired) electrons. The van der Waals surface area contributed by atoms with Crippen molar-refractivity contribution >= 4 is 15.9 Å². The Bertz CT molecular complexity index is 448. The fourth-order valence-electron chi connectivity index (χ4n) is 1.61. The van der Waals surface area contributed by atoms with Crippen LogP contribution in [-0.4, -0.2) is 16.6 Å². The maximum absolute atomic E-state index is 4.17. The van der Waals surface area contributed by atoms with Crippen LogP contribution in [0.25, 0.3) is 0 Å². The molecular formula is C12H14BrN3. The van der Waals surface area contributed by atoms with Crippen molar-refractivity contribution in [2.45, 2.75) is 13.1 Å². The van der Waals surface area contributed by atoms with Crippen LogP contribution in [0.1, 0.15) is 11.3 Å². The largest absolute Gasteiger partial charge is 0.329 e. The molecule has 0 saturated carbocycles. The molecule has 0 bridgehead atoms. The van der Waals surface area contributed by atoms with Gasteiger partial charge >= 0.3 is 0 Å². The van der Waals surface area contributed by atoms with E-state index in [4.69, 9.17) is 0 Å². The number of hydrogen-bond donors (Lipinski definition) is 1. The van der Waals surface area contributed by atoms with Gasteiger partial charge in [-0.1, -0.05) is 28.1 Å². The van der Waals surface area contributed by atoms with Gasteiger partial charge in [0.1, 0.15) is 0 Å². The molecule has 1 heterocycles. The first kappa shape index (κ1) is 11.4. The first-order valence-corrected chi connectivity index (χ1v) is 5.97. The molecule has 16 heavy (non-hydrogen) atoms. The molecule has 2 rings (SSSR count). The Kier molecular flexibility index (Phi) is 3.74. The molecule has 0 aliphatic rings. The lowest BCUT2D eigenvalue weighted by atomic mass is 10.2. The summed E-state index contributed by atoms with van der Waals surface area (Å²) in [5, 5.41) is 3.14. The Labute approximate surface area is 104 Å². The summed E-state index contributed by atoms with van der Waals surface area (Å²) in [6, 6.07) is 8.36. The molecule has 0 aliphatic heterocycles. The number of rotatable bonds is 4. The Hall–Kier alpha value is -1.13. The van der Waals surface area contributed by atoms with Gasteiger partial charge in [-0.15, -0.1) is 0 Å². The molecule has 1 aromatic carbocycles. The minimum absolute atomic E-state index is 0.844. The van der Waals surface area contributed by atoms with Crippen LogP contribution in [0.2, 0.25) is 0 Å².